The molecular formula is C18H19BrN2O2S. The number of ether oxygens (including phenoxy) is 1. The van der Waals surface area contributed by atoms with E-state index in [1.807, 2.05) is 55.5 Å². The zero-order valence-corrected chi connectivity index (χ0v) is 16.0. The first kappa shape index (κ1) is 18.4. The average Bonchev–Trinajstić information content (AvgIpc) is 3.02. The van der Waals surface area contributed by atoms with Gasteiger partial charge in [-0.1, -0.05) is 54.7 Å². The number of halogens is 1. The van der Waals surface area contributed by atoms with Gasteiger partial charge < -0.3 is 10.1 Å². The van der Waals surface area contributed by atoms with Gasteiger partial charge in [-0.2, -0.15) is 0 Å². The zero-order valence-electron chi connectivity index (χ0n) is 13.5. The Bertz CT molecular complexity index is 820. The molecule has 24 heavy (non-hydrogen) atoms. The molecule has 0 saturated carbocycles. The maximum Gasteiger partial charge on any atom is 0.185 e. The lowest BCUT2D eigenvalue weighted by Gasteiger charge is -2.14. The minimum atomic E-state index is -0.288. The first-order valence-electron chi connectivity index (χ1n) is 7.52. The van der Waals surface area contributed by atoms with Crippen LogP contribution >= 0.6 is 28.3 Å². The molecule has 0 amide bonds. The van der Waals surface area contributed by atoms with Gasteiger partial charge in [-0.05, 0) is 18.6 Å². The SMILES string of the molecule is Br.CCC(Nc1nc2c(OC)cccc2s1)C(=O)c1ccccc1. The first-order chi connectivity index (χ1) is 11.2. The molecule has 1 heterocycles. The van der Waals surface area contributed by atoms with Gasteiger partial charge in [0.15, 0.2) is 10.9 Å². The second-order valence-corrected chi connectivity index (χ2v) is 6.19. The Balaban J connectivity index is 0.00000208. The topological polar surface area (TPSA) is 51.2 Å². The maximum absolute atomic E-state index is 12.6. The van der Waals surface area contributed by atoms with Crippen LogP contribution in [0, 0.1) is 0 Å². The molecule has 4 nitrogen and oxygen atoms in total. The number of hydrogen-bond donors (Lipinski definition) is 1. The molecule has 1 atom stereocenters. The fourth-order valence-corrected chi connectivity index (χ4v) is 3.39. The van der Waals surface area contributed by atoms with Gasteiger partial charge in [-0.25, -0.2) is 4.98 Å². The standard InChI is InChI=1S/C18H18N2O2S.BrH/c1-3-13(17(21)12-8-5-4-6-9-12)19-18-20-16-14(22-2)10-7-11-15(16)23-18;/h4-11,13H,3H2,1-2H3,(H,19,20);1H. The Hall–Kier alpha value is -1.92. The lowest BCUT2D eigenvalue weighted by molar-refractivity contribution is 0.0968. The van der Waals surface area contributed by atoms with Crippen LogP contribution in [-0.2, 0) is 0 Å². The smallest absolute Gasteiger partial charge is 0.185 e. The molecule has 1 N–H and O–H groups in total. The van der Waals surface area contributed by atoms with Crippen molar-refractivity contribution in [3.63, 3.8) is 0 Å². The molecule has 0 aliphatic heterocycles. The van der Waals surface area contributed by atoms with Gasteiger partial charge in [0.2, 0.25) is 0 Å². The third kappa shape index (κ3) is 3.76. The number of hydrogen-bond acceptors (Lipinski definition) is 5. The summed E-state index contributed by atoms with van der Waals surface area (Å²) in [6.07, 6.45) is 0.695. The quantitative estimate of drug-likeness (QED) is 0.587. The van der Waals surface area contributed by atoms with Crippen LogP contribution in [0.5, 0.6) is 5.75 Å². The van der Waals surface area contributed by atoms with Crippen LogP contribution in [0.2, 0.25) is 0 Å². The largest absolute Gasteiger partial charge is 0.494 e. The molecule has 3 rings (SSSR count). The summed E-state index contributed by atoms with van der Waals surface area (Å²) >= 11 is 1.53. The van der Waals surface area contributed by atoms with Crippen LogP contribution in [-0.4, -0.2) is 23.9 Å². The number of fused-ring (bicyclic) bond motifs is 1. The number of nitrogens with zero attached hydrogens (tertiary/aromatic N) is 1. The van der Waals surface area contributed by atoms with Crippen molar-refractivity contribution in [3.05, 3.63) is 54.1 Å². The molecule has 1 aromatic heterocycles. The van der Waals surface area contributed by atoms with Crippen molar-refractivity contribution in [3.8, 4) is 5.75 Å². The summed E-state index contributed by atoms with van der Waals surface area (Å²) in [5.74, 6) is 0.827. The number of nitrogens with one attached hydrogen (secondary N) is 1. The highest BCUT2D eigenvalue weighted by atomic mass is 79.9. The molecule has 3 aromatic rings. The predicted octanol–water partition coefficient (Wildman–Crippen LogP) is 4.96. The minimum Gasteiger partial charge on any atom is -0.494 e. The Morgan fingerprint density at radius 1 is 1.21 bits per heavy atom. The van der Waals surface area contributed by atoms with E-state index in [2.05, 4.69) is 10.3 Å². The zero-order chi connectivity index (χ0) is 16.2. The number of aromatic nitrogens is 1. The first-order valence-corrected chi connectivity index (χ1v) is 8.34. The van der Waals surface area contributed by atoms with E-state index in [1.54, 1.807) is 7.11 Å². The van der Waals surface area contributed by atoms with Crippen LogP contribution in [0.4, 0.5) is 5.13 Å². The molecule has 2 aromatic carbocycles. The molecule has 0 bridgehead atoms. The van der Waals surface area contributed by atoms with Crippen molar-refractivity contribution in [2.75, 3.05) is 12.4 Å². The van der Waals surface area contributed by atoms with E-state index in [-0.39, 0.29) is 28.8 Å². The lowest BCUT2D eigenvalue weighted by atomic mass is 10.0. The molecule has 0 fully saturated rings. The van der Waals surface area contributed by atoms with Gasteiger partial charge in [0.25, 0.3) is 0 Å². The number of anilines is 1. The van der Waals surface area contributed by atoms with Gasteiger partial charge in [0.1, 0.15) is 11.3 Å². The summed E-state index contributed by atoms with van der Waals surface area (Å²) < 4.78 is 6.37. The molecule has 1 unspecified atom stereocenters. The number of Topliss-reactive ketones (excluding diaryl/α,β-unsaturated/α-hetero) is 1. The molecular weight excluding hydrogens is 388 g/mol. The highest BCUT2D eigenvalue weighted by Crippen LogP contribution is 2.32. The molecule has 0 spiro atoms. The maximum atomic E-state index is 12.6. The molecule has 0 aliphatic rings. The molecule has 0 saturated heterocycles. The third-order valence-electron chi connectivity index (χ3n) is 3.68. The van der Waals surface area contributed by atoms with Gasteiger partial charge >= 0.3 is 0 Å². The number of methoxy groups -OCH3 is 1. The normalized spacial score (nSPS) is 11.6. The second-order valence-electron chi connectivity index (χ2n) is 5.16. The fraction of sp³-hybridized carbons (Fsp3) is 0.222. The average molecular weight is 407 g/mol. The number of benzene rings is 2. The fourth-order valence-electron chi connectivity index (χ4n) is 2.46. The lowest BCUT2D eigenvalue weighted by Crippen LogP contribution is -2.28. The summed E-state index contributed by atoms with van der Waals surface area (Å²) in [6, 6.07) is 14.9. The Morgan fingerprint density at radius 3 is 2.62 bits per heavy atom. The van der Waals surface area contributed by atoms with E-state index >= 15 is 0 Å². The monoisotopic (exact) mass is 406 g/mol. The Kier molecular flexibility index (Phi) is 6.34. The van der Waals surface area contributed by atoms with E-state index in [9.17, 15) is 4.79 Å². The Morgan fingerprint density at radius 2 is 1.96 bits per heavy atom. The van der Waals surface area contributed by atoms with Crippen molar-refractivity contribution in [1.29, 1.82) is 0 Å². The number of ketones is 1. The van der Waals surface area contributed by atoms with E-state index in [0.717, 1.165) is 21.1 Å². The number of thiazole rings is 1. The third-order valence-corrected chi connectivity index (χ3v) is 4.63. The summed E-state index contributed by atoms with van der Waals surface area (Å²) in [5.41, 5.74) is 1.54. The van der Waals surface area contributed by atoms with E-state index in [1.165, 1.54) is 11.3 Å². The van der Waals surface area contributed by atoms with Gasteiger partial charge in [-0.3, -0.25) is 4.79 Å². The van der Waals surface area contributed by atoms with E-state index in [0.29, 0.717) is 12.0 Å². The number of carbonyl (C=O) groups is 1. The summed E-state index contributed by atoms with van der Waals surface area (Å²) in [4.78, 5) is 17.2. The van der Waals surface area contributed by atoms with Crippen LogP contribution in [0.25, 0.3) is 10.2 Å². The van der Waals surface area contributed by atoms with Gasteiger partial charge in [0, 0.05) is 5.56 Å². The van der Waals surface area contributed by atoms with Crippen molar-refractivity contribution in [1.82, 2.24) is 4.98 Å². The van der Waals surface area contributed by atoms with Crippen molar-refractivity contribution in [2.45, 2.75) is 19.4 Å². The molecule has 126 valence electrons. The highest BCUT2D eigenvalue weighted by molar-refractivity contribution is 8.93. The molecule has 0 radical (unpaired) electrons. The second kappa shape index (κ2) is 8.26. The summed E-state index contributed by atoms with van der Waals surface area (Å²) in [7, 11) is 1.63. The van der Waals surface area contributed by atoms with Gasteiger partial charge in [0.05, 0.1) is 17.9 Å². The van der Waals surface area contributed by atoms with Crippen molar-refractivity contribution < 1.29 is 9.53 Å². The summed E-state index contributed by atoms with van der Waals surface area (Å²) in [6.45, 7) is 1.99. The van der Waals surface area contributed by atoms with Crippen LogP contribution in [0.15, 0.2) is 48.5 Å². The molecule has 0 aliphatic carbocycles. The van der Waals surface area contributed by atoms with Crippen LogP contribution < -0.4 is 10.1 Å². The van der Waals surface area contributed by atoms with Crippen molar-refractivity contribution in [2.24, 2.45) is 0 Å². The molecule has 6 heteroatoms. The summed E-state index contributed by atoms with van der Waals surface area (Å²) in [5, 5.41) is 4.01. The van der Waals surface area contributed by atoms with Crippen LogP contribution in [0.1, 0.15) is 23.7 Å². The van der Waals surface area contributed by atoms with E-state index < -0.39 is 0 Å². The number of para-hydroxylation sites is 1. The minimum absolute atomic E-state index is 0. The highest BCUT2D eigenvalue weighted by Gasteiger charge is 2.19. The van der Waals surface area contributed by atoms with Crippen LogP contribution in [0.3, 0.4) is 0 Å². The Labute approximate surface area is 155 Å². The van der Waals surface area contributed by atoms with Crippen molar-refractivity contribution >= 4 is 49.4 Å². The van der Waals surface area contributed by atoms with E-state index in [4.69, 9.17) is 4.74 Å². The van der Waals surface area contributed by atoms with Gasteiger partial charge in [-0.15, -0.1) is 17.0 Å². The predicted molar refractivity (Wildman–Crippen MR) is 105 cm³/mol. The number of carbonyl (C=O) groups excluding carboxylic acids is 1. The number of rotatable bonds is 6.